The van der Waals surface area contributed by atoms with Crippen molar-refractivity contribution in [3.8, 4) is 5.75 Å². The molecule has 0 bridgehead atoms. The van der Waals surface area contributed by atoms with Crippen LogP contribution in [0.2, 0.25) is 0 Å². The van der Waals surface area contributed by atoms with Crippen LogP contribution in [0.5, 0.6) is 5.75 Å². The van der Waals surface area contributed by atoms with E-state index >= 15 is 0 Å². The molecule has 1 aromatic rings. The van der Waals surface area contributed by atoms with Gasteiger partial charge in [0.2, 0.25) is 0 Å². The molecule has 1 unspecified atom stereocenters. The van der Waals surface area contributed by atoms with Crippen molar-refractivity contribution in [1.82, 2.24) is 4.90 Å². The molecule has 4 nitrogen and oxygen atoms in total. The fraction of sp³-hybridized carbons (Fsp3) is 0.500. The number of likely N-dealkylation sites (tertiary alicyclic amines) is 1. The molecule has 4 heteroatoms. The Bertz CT molecular complexity index is 447. The number of carbonyl (C=O) groups excluding carboxylic acids is 1. The van der Waals surface area contributed by atoms with Crippen LogP contribution in [0.1, 0.15) is 30.1 Å². The molecule has 1 amide bonds. The first-order valence-corrected chi connectivity index (χ1v) is 6.27. The summed E-state index contributed by atoms with van der Waals surface area (Å²) in [6, 6.07) is 7.27. The van der Waals surface area contributed by atoms with Crippen molar-refractivity contribution in [3.63, 3.8) is 0 Å². The Labute approximate surface area is 108 Å². The van der Waals surface area contributed by atoms with E-state index in [1.807, 2.05) is 23.1 Å². The SMILES string of the molecule is COc1cccc(C(=O)N2CCCC2(C)CN)c1. The van der Waals surface area contributed by atoms with E-state index in [0.29, 0.717) is 17.9 Å². The Balaban J connectivity index is 2.25. The number of hydrogen-bond acceptors (Lipinski definition) is 3. The van der Waals surface area contributed by atoms with E-state index in [9.17, 15) is 4.79 Å². The summed E-state index contributed by atoms with van der Waals surface area (Å²) >= 11 is 0. The summed E-state index contributed by atoms with van der Waals surface area (Å²) < 4.78 is 5.15. The van der Waals surface area contributed by atoms with Crippen LogP contribution in [-0.2, 0) is 0 Å². The fourth-order valence-corrected chi connectivity index (χ4v) is 2.49. The van der Waals surface area contributed by atoms with Gasteiger partial charge < -0.3 is 15.4 Å². The highest BCUT2D eigenvalue weighted by Gasteiger charge is 2.38. The molecule has 0 saturated carbocycles. The predicted octanol–water partition coefficient (Wildman–Crippen LogP) is 1.65. The monoisotopic (exact) mass is 248 g/mol. The van der Waals surface area contributed by atoms with Gasteiger partial charge in [0.05, 0.1) is 12.6 Å². The van der Waals surface area contributed by atoms with Crippen LogP contribution in [-0.4, -0.2) is 36.5 Å². The second-order valence-electron chi connectivity index (χ2n) is 4.99. The molecule has 2 N–H and O–H groups in total. The van der Waals surface area contributed by atoms with Crippen molar-refractivity contribution >= 4 is 5.91 Å². The summed E-state index contributed by atoms with van der Waals surface area (Å²) in [6.45, 7) is 3.34. The third kappa shape index (κ3) is 2.20. The molecule has 98 valence electrons. The standard InChI is InChI=1S/C14H20N2O2/c1-14(10-15)7-4-8-16(14)13(17)11-5-3-6-12(9-11)18-2/h3,5-6,9H,4,7-8,10,15H2,1-2H3. The summed E-state index contributed by atoms with van der Waals surface area (Å²) in [5.41, 5.74) is 6.27. The number of benzene rings is 1. The third-order valence-corrected chi connectivity index (χ3v) is 3.75. The van der Waals surface area contributed by atoms with Gasteiger partial charge in [0.25, 0.3) is 5.91 Å². The topological polar surface area (TPSA) is 55.6 Å². The number of amides is 1. The maximum absolute atomic E-state index is 12.5. The highest BCUT2D eigenvalue weighted by Crippen LogP contribution is 2.30. The Morgan fingerprint density at radius 1 is 1.56 bits per heavy atom. The molecule has 1 aliphatic heterocycles. The van der Waals surface area contributed by atoms with Gasteiger partial charge in [0.15, 0.2) is 0 Å². The van der Waals surface area contributed by atoms with E-state index < -0.39 is 0 Å². The van der Waals surface area contributed by atoms with Crippen LogP contribution in [0.3, 0.4) is 0 Å². The number of carbonyl (C=O) groups is 1. The van der Waals surface area contributed by atoms with Crippen molar-refractivity contribution in [1.29, 1.82) is 0 Å². The normalized spacial score (nSPS) is 23.2. The maximum Gasteiger partial charge on any atom is 0.254 e. The van der Waals surface area contributed by atoms with Crippen molar-refractivity contribution < 1.29 is 9.53 Å². The zero-order valence-corrected chi connectivity index (χ0v) is 11.0. The lowest BCUT2D eigenvalue weighted by molar-refractivity contribution is 0.0636. The molecular weight excluding hydrogens is 228 g/mol. The largest absolute Gasteiger partial charge is 0.497 e. The molecule has 0 aromatic heterocycles. The van der Waals surface area contributed by atoms with Crippen molar-refractivity contribution in [2.45, 2.75) is 25.3 Å². The molecule has 2 rings (SSSR count). The van der Waals surface area contributed by atoms with Crippen LogP contribution < -0.4 is 10.5 Å². The first-order valence-electron chi connectivity index (χ1n) is 6.27. The summed E-state index contributed by atoms with van der Waals surface area (Å²) in [5.74, 6) is 0.744. The van der Waals surface area contributed by atoms with E-state index in [1.165, 1.54) is 0 Å². The number of nitrogens with two attached hydrogens (primary N) is 1. The Hall–Kier alpha value is -1.55. The van der Waals surface area contributed by atoms with E-state index in [-0.39, 0.29) is 11.4 Å². The maximum atomic E-state index is 12.5. The average molecular weight is 248 g/mol. The second-order valence-corrected chi connectivity index (χ2v) is 4.99. The number of methoxy groups -OCH3 is 1. The molecule has 1 aromatic carbocycles. The van der Waals surface area contributed by atoms with Crippen LogP contribution in [0.4, 0.5) is 0 Å². The molecule has 18 heavy (non-hydrogen) atoms. The Morgan fingerprint density at radius 2 is 2.33 bits per heavy atom. The van der Waals surface area contributed by atoms with Gasteiger partial charge in [-0.05, 0) is 38.0 Å². The summed E-state index contributed by atoms with van der Waals surface area (Å²) in [7, 11) is 1.60. The van der Waals surface area contributed by atoms with Crippen LogP contribution >= 0.6 is 0 Å². The zero-order valence-electron chi connectivity index (χ0n) is 11.0. The van der Waals surface area contributed by atoms with E-state index in [4.69, 9.17) is 10.5 Å². The first-order chi connectivity index (χ1) is 8.60. The van der Waals surface area contributed by atoms with Gasteiger partial charge in [0, 0.05) is 18.7 Å². The van der Waals surface area contributed by atoms with Gasteiger partial charge in [0.1, 0.15) is 5.75 Å². The smallest absolute Gasteiger partial charge is 0.254 e. The molecule has 0 spiro atoms. The van der Waals surface area contributed by atoms with E-state index in [1.54, 1.807) is 13.2 Å². The first kappa shape index (κ1) is 12.9. The molecule has 0 aliphatic carbocycles. The molecule has 0 radical (unpaired) electrons. The highest BCUT2D eigenvalue weighted by molar-refractivity contribution is 5.95. The van der Waals surface area contributed by atoms with Crippen LogP contribution in [0.15, 0.2) is 24.3 Å². The van der Waals surface area contributed by atoms with Gasteiger partial charge in [-0.15, -0.1) is 0 Å². The molecule has 1 aliphatic rings. The second kappa shape index (κ2) is 4.98. The van der Waals surface area contributed by atoms with Gasteiger partial charge >= 0.3 is 0 Å². The van der Waals surface area contributed by atoms with Gasteiger partial charge in [-0.25, -0.2) is 0 Å². The Kier molecular flexibility index (Phi) is 3.57. The number of nitrogens with zero attached hydrogens (tertiary/aromatic N) is 1. The molecule has 1 atom stereocenters. The van der Waals surface area contributed by atoms with E-state index in [2.05, 4.69) is 6.92 Å². The lowest BCUT2D eigenvalue weighted by Gasteiger charge is -2.34. The van der Waals surface area contributed by atoms with Gasteiger partial charge in [-0.2, -0.15) is 0 Å². The van der Waals surface area contributed by atoms with E-state index in [0.717, 1.165) is 19.4 Å². The highest BCUT2D eigenvalue weighted by atomic mass is 16.5. The minimum Gasteiger partial charge on any atom is -0.497 e. The van der Waals surface area contributed by atoms with Crippen molar-refractivity contribution in [2.24, 2.45) is 5.73 Å². The fourth-order valence-electron chi connectivity index (χ4n) is 2.49. The quantitative estimate of drug-likeness (QED) is 0.885. The molecule has 1 saturated heterocycles. The minimum absolute atomic E-state index is 0.0411. The minimum atomic E-state index is -0.208. The van der Waals surface area contributed by atoms with Crippen molar-refractivity contribution in [3.05, 3.63) is 29.8 Å². The molecule has 1 fully saturated rings. The lowest BCUT2D eigenvalue weighted by Crippen LogP contribution is -2.50. The average Bonchev–Trinajstić information content (AvgIpc) is 2.80. The number of rotatable bonds is 3. The van der Waals surface area contributed by atoms with Gasteiger partial charge in [-0.1, -0.05) is 6.07 Å². The predicted molar refractivity (Wildman–Crippen MR) is 70.7 cm³/mol. The summed E-state index contributed by atoms with van der Waals surface area (Å²) in [5, 5.41) is 0. The number of hydrogen-bond donors (Lipinski definition) is 1. The lowest BCUT2D eigenvalue weighted by atomic mass is 9.98. The molecular formula is C14H20N2O2. The van der Waals surface area contributed by atoms with Crippen LogP contribution in [0.25, 0.3) is 0 Å². The zero-order chi connectivity index (χ0) is 13.2. The number of ether oxygens (including phenoxy) is 1. The summed E-state index contributed by atoms with van der Waals surface area (Å²) in [6.07, 6.45) is 1.99. The Morgan fingerprint density at radius 3 is 3.00 bits per heavy atom. The van der Waals surface area contributed by atoms with Gasteiger partial charge in [-0.3, -0.25) is 4.79 Å². The summed E-state index contributed by atoms with van der Waals surface area (Å²) in [4.78, 5) is 14.4. The third-order valence-electron chi connectivity index (χ3n) is 3.75. The molecule has 1 heterocycles. The van der Waals surface area contributed by atoms with Crippen molar-refractivity contribution in [2.75, 3.05) is 20.2 Å². The van der Waals surface area contributed by atoms with Crippen LogP contribution in [0, 0.1) is 0 Å².